The van der Waals surface area contributed by atoms with E-state index in [0.717, 1.165) is 6.42 Å². The number of hydrogen-bond donors (Lipinski definition) is 1. The lowest BCUT2D eigenvalue weighted by molar-refractivity contribution is -0.116. The number of benzene rings is 1. The Hall–Kier alpha value is -1.02. The average Bonchev–Trinajstić information content (AvgIpc) is 2.19. The van der Waals surface area contributed by atoms with Crippen LogP contribution >= 0.6 is 11.6 Å². The quantitative estimate of drug-likeness (QED) is 0.761. The summed E-state index contributed by atoms with van der Waals surface area (Å²) in [5, 5.41) is 2.25. The van der Waals surface area contributed by atoms with Gasteiger partial charge in [-0.05, 0) is 12.5 Å². The van der Waals surface area contributed by atoms with Crippen LogP contribution in [0.1, 0.15) is 19.8 Å². The van der Waals surface area contributed by atoms with E-state index in [9.17, 15) is 4.79 Å². The van der Waals surface area contributed by atoms with Gasteiger partial charge in [-0.1, -0.05) is 31.5 Å². The topological polar surface area (TPSA) is 29.1 Å². The number of carbonyl (C=O) groups excluding carboxylic acids is 1. The molecule has 75 valence electrons. The molecule has 0 spiro atoms. The second-order valence-corrected chi connectivity index (χ2v) is 3.55. The number of amides is 1. The lowest BCUT2D eigenvalue weighted by Crippen LogP contribution is -2.22. The number of halogens is 1. The van der Waals surface area contributed by atoms with Gasteiger partial charge in [0.05, 0.1) is 0 Å². The minimum atomic E-state index is -0.450. The molecule has 0 aromatic heterocycles. The molecule has 1 aromatic carbocycles. The van der Waals surface area contributed by atoms with E-state index in [4.69, 9.17) is 11.6 Å². The predicted octanol–water partition coefficient (Wildman–Crippen LogP) is 2.83. The highest BCUT2D eigenvalue weighted by molar-refractivity contribution is 6.32. The first kappa shape index (κ1) is 11.1. The summed E-state index contributed by atoms with van der Waals surface area (Å²) in [5.74, 6) is -0.157. The zero-order valence-electron chi connectivity index (χ0n) is 8.09. The zero-order chi connectivity index (χ0) is 10.4. The molecule has 0 saturated carbocycles. The van der Waals surface area contributed by atoms with Gasteiger partial charge in [0.1, 0.15) is 5.38 Å². The van der Waals surface area contributed by atoms with Gasteiger partial charge in [-0.3, -0.25) is 4.79 Å². The Balaban J connectivity index is 2.49. The van der Waals surface area contributed by atoms with E-state index in [1.807, 2.05) is 19.1 Å². The van der Waals surface area contributed by atoms with E-state index in [-0.39, 0.29) is 5.91 Å². The molecule has 1 aromatic rings. The van der Waals surface area contributed by atoms with Gasteiger partial charge < -0.3 is 5.32 Å². The Kier molecular flexibility index (Phi) is 4.47. The first-order chi connectivity index (χ1) is 6.74. The third-order valence-corrected chi connectivity index (χ3v) is 2.21. The van der Waals surface area contributed by atoms with E-state index < -0.39 is 5.38 Å². The Morgan fingerprint density at radius 2 is 2.43 bits per heavy atom. The molecule has 0 aliphatic carbocycles. The molecule has 1 unspecified atom stereocenters. The lowest BCUT2D eigenvalue weighted by Gasteiger charge is -2.08. The highest BCUT2D eigenvalue weighted by Gasteiger charge is 2.13. The molecule has 1 amide bonds. The van der Waals surface area contributed by atoms with Gasteiger partial charge in [-0.2, -0.15) is 0 Å². The van der Waals surface area contributed by atoms with Crippen molar-refractivity contribution in [1.82, 2.24) is 0 Å². The monoisotopic (exact) mass is 210 g/mol. The van der Waals surface area contributed by atoms with Crippen LogP contribution < -0.4 is 5.32 Å². The van der Waals surface area contributed by atoms with Gasteiger partial charge in [0.15, 0.2) is 0 Å². The fourth-order valence-corrected chi connectivity index (χ4v) is 1.34. The molecule has 0 aliphatic heterocycles. The smallest absolute Gasteiger partial charge is 0.242 e. The highest BCUT2D eigenvalue weighted by Crippen LogP contribution is 2.10. The van der Waals surface area contributed by atoms with Gasteiger partial charge in [-0.15, -0.1) is 11.6 Å². The number of carbonyl (C=O) groups is 1. The Bertz CT molecular complexity index is 287. The van der Waals surface area contributed by atoms with Crippen LogP contribution in [-0.2, 0) is 4.79 Å². The first-order valence-electron chi connectivity index (χ1n) is 4.65. The summed E-state index contributed by atoms with van der Waals surface area (Å²) in [6.45, 7) is 2.00. The van der Waals surface area contributed by atoms with E-state index >= 15 is 0 Å². The summed E-state index contributed by atoms with van der Waals surface area (Å²) >= 11 is 5.86. The Morgan fingerprint density at radius 1 is 1.64 bits per heavy atom. The number of anilines is 1. The van der Waals surface area contributed by atoms with Gasteiger partial charge >= 0.3 is 0 Å². The molecule has 0 aliphatic rings. The Labute approximate surface area is 89.3 Å². The summed E-state index contributed by atoms with van der Waals surface area (Å²) in [5.41, 5.74) is 0.666. The molecule has 1 radical (unpaired) electrons. The molecule has 1 N–H and O–H groups in total. The van der Waals surface area contributed by atoms with Crippen molar-refractivity contribution in [3.8, 4) is 0 Å². The van der Waals surface area contributed by atoms with Crippen molar-refractivity contribution in [2.24, 2.45) is 0 Å². The summed E-state index contributed by atoms with van der Waals surface area (Å²) in [6.07, 6.45) is 1.60. The van der Waals surface area contributed by atoms with Crippen LogP contribution in [-0.4, -0.2) is 11.3 Å². The average molecular weight is 211 g/mol. The summed E-state index contributed by atoms with van der Waals surface area (Å²) in [4.78, 5) is 11.4. The molecule has 0 fully saturated rings. The van der Waals surface area contributed by atoms with Crippen molar-refractivity contribution in [2.75, 3.05) is 5.32 Å². The number of para-hydroxylation sites is 1. The van der Waals surface area contributed by atoms with Crippen molar-refractivity contribution in [1.29, 1.82) is 0 Å². The largest absolute Gasteiger partial charge is 0.324 e. The highest BCUT2D eigenvalue weighted by atomic mass is 35.5. The van der Waals surface area contributed by atoms with Crippen molar-refractivity contribution >= 4 is 23.2 Å². The van der Waals surface area contributed by atoms with Gasteiger partial charge in [0.2, 0.25) is 5.91 Å². The third-order valence-electron chi connectivity index (χ3n) is 1.79. The second kappa shape index (κ2) is 5.66. The normalized spacial score (nSPS) is 12.1. The van der Waals surface area contributed by atoms with E-state index in [2.05, 4.69) is 11.4 Å². The number of alkyl halides is 1. The third kappa shape index (κ3) is 3.38. The van der Waals surface area contributed by atoms with E-state index in [1.54, 1.807) is 12.1 Å². The molecular weight excluding hydrogens is 198 g/mol. The predicted molar refractivity (Wildman–Crippen MR) is 58.5 cm³/mol. The SMILES string of the molecule is CCCC(Cl)C(=O)Nc1[c]cccc1. The van der Waals surface area contributed by atoms with Crippen LogP contribution in [0.2, 0.25) is 0 Å². The van der Waals surface area contributed by atoms with Crippen LogP contribution in [0.15, 0.2) is 24.3 Å². The molecule has 0 bridgehead atoms. The number of hydrogen-bond acceptors (Lipinski definition) is 1. The van der Waals surface area contributed by atoms with Crippen molar-refractivity contribution in [2.45, 2.75) is 25.1 Å². The molecule has 1 atom stereocenters. The summed E-state index contributed by atoms with van der Waals surface area (Å²) in [7, 11) is 0. The van der Waals surface area contributed by atoms with E-state index in [0.29, 0.717) is 12.1 Å². The standard InChI is InChI=1S/C11H13ClNO/c1-2-6-10(12)11(14)13-9-7-4-3-5-8-9/h3-5,7,10H,2,6H2,1H3,(H,13,14). The first-order valence-corrected chi connectivity index (χ1v) is 5.09. The Morgan fingerprint density at radius 3 is 3.00 bits per heavy atom. The fourth-order valence-electron chi connectivity index (χ4n) is 1.07. The van der Waals surface area contributed by atoms with Gasteiger partial charge in [0.25, 0.3) is 0 Å². The maximum absolute atomic E-state index is 11.4. The van der Waals surface area contributed by atoms with Crippen molar-refractivity contribution in [3.05, 3.63) is 30.3 Å². The maximum atomic E-state index is 11.4. The van der Waals surface area contributed by atoms with Crippen LogP contribution in [0.5, 0.6) is 0 Å². The number of rotatable bonds is 4. The van der Waals surface area contributed by atoms with Crippen LogP contribution in [0.4, 0.5) is 5.69 Å². The second-order valence-electron chi connectivity index (χ2n) is 3.02. The maximum Gasteiger partial charge on any atom is 0.242 e. The minimum Gasteiger partial charge on any atom is -0.324 e. The molecule has 3 heteroatoms. The molecule has 0 saturated heterocycles. The van der Waals surface area contributed by atoms with Crippen molar-refractivity contribution in [3.63, 3.8) is 0 Å². The molecule has 14 heavy (non-hydrogen) atoms. The fraction of sp³-hybridized carbons (Fsp3) is 0.364. The van der Waals surface area contributed by atoms with Gasteiger partial charge in [0, 0.05) is 11.8 Å². The molecule has 1 rings (SSSR count). The zero-order valence-corrected chi connectivity index (χ0v) is 8.84. The number of nitrogens with one attached hydrogen (secondary N) is 1. The lowest BCUT2D eigenvalue weighted by atomic mass is 10.2. The molecule has 0 heterocycles. The minimum absolute atomic E-state index is 0.157. The van der Waals surface area contributed by atoms with Crippen molar-refractivity contribution < 1.29 is 4.79 Å². The van der Waals surface area contributed by atoms with Crippen LogP contribution in [0, 0.1) is 6.07 Å². The summed E-state index contributed by atoms with van der Waals surface area (Å²) in [6, 6.07) is 10.1. The molecular formula is C11H13ClNO. The van der Waals surface area contributed by atoms with Gasteiger partial charge in [-0.25, -0.2) is 0 Å². The van der Waals surface area contributed by atoms with Crippen LogP contribution in [0.25, 0.3) is 0 Å². The summed E-state index contributed by atoms with van der Waals surface area (Å²) < 4.78 is 0. The van der Waals surface area contributed by atoms with E-state index in [1.165, 1.54) is 0 Å². The molecule has 2 nitrogen and oxygen atoms in total. The van der Waals surface area contributed by atoms with Crippen LogP contribution in [0.3, 0.4) is 0 Å².